The zero-order chi connectivity index (χ0) is 18.4. The molecule has 0 aromatic heterocycles. The minimum absolute atomic E-state index is 0.526. The maximum absolute atomic E-state index is 5.52. The van der Waals surface area contributed by atoms with Gasteiger partial charge in [0, 0.05) is 17.5 Å². The summed E-state index contributed by atoms with van der Waals surface area (Å²) in [4.78, 5) is 0. The highest BCUT2D eigenvalue weighted by Gasteiger charge is 2.20. The second-order valence-electron chi connectivity index (χ2n) is 4.99. The van der Waals surface area contributed by atoms with Gasteiger partial charge in [0.2, 0.25) is 11.5 Å². The molecule has 25 heavy (non-hydrogen) atoms. The first-order valence-corrected chi connectivity index (χ1v) is 7.57. The lowest BCUT2D eigenvalue weighted by atomic mass is 10.0. The molecule has 0 N–H and O–H groups in total. The molecule has 135 valence electrons. The Kier molecular flexibility index (Phi) is 6.22. The van der Waals surface area contributed by atoms with E-state index in [0.717, 1.165) is 11.1 Å². The minimum Gasteiger partial charge on any atom is -0.493 e. The summed E-state index contributed by atoms with van der Waals surface area (Å²) in [7, 11) is 9.47. The molecule has 2 aromatic rings. The molecule has 0 saturated carbocycles. The van der Waals surface area contributed by atoms with E-state index >= 15 is 0 Å². The molecule has 0 heterocycles. The fraction of sp³-hybridized carbons (Fsp3) is 0.316. The lowest BCUT2D eigenvalue weighted by Gasteiger charge is -2.18. The van der Waals surface area contributed by atoms with E-state index in [1.54, 1.807) is 42.7 Å². The molecular weight excluding hydrogens is 324 g/mol. The van der Waals surface area contributed by atoms with E-state index in [4.69, 9.17) is 28.4 Å². The van der Waals surface area contributed by atoms with Crippen LogP contribution in [0.2, 0.25) is 0 Å². The van der Waals surface area contributed by atoms with E-state index < -0.39 is 0 Å². The van der Waals surface area contributed by atoms with Crippen molar-refractivity contribution < 1.29 is 28.4 Å². The van der Waals surface area contributed by atoms with Crippen molar-refractivity contribution in [2.75, 3.05) is 42.7 Å². The third kappa shape index (κ3) is 3.52. The molecule has 0 fully saturated rings. The Morgan fingerprint density at radius 3 is 1.12 bits per heavy atom. The maximum Gasteiger partial charge on any atom is 0.203 e. The molecule has 0 amide bonds. The second-order valence-corrected chi connectivity index (χ2v) is 4.99. The number of benzene rings is 2. The average molecular weight is 347 g/mol. The van der Waals surface area contributed by atoms with Crippen LogP contribution in [0.3, 0.4) is 0 Å². The average Bonchev–Trinajstić information content (AvgIpc) is 2.66. The Balaban J connectivity index is 2.53. The van der Waals surface area contributed by atoms with Crippen molar-refractivity contribution in [1.29, 1.82) is 0 Å². The first-order valence-electron chi connectivity index (χ1n) is 7.57. The van der Waals surface area contributed by atoms with E-state index in [9.17, 15) is 0 Å². The molecule has 0 bridgehead atoms. The smallest absolute Gasteiger partial charge is 0.203 e. The SMILES string of the molecule is COc1ccc([CH]c2ccc(OC)c(OC)c2OC)c(OC)c1OC. The second kappa shape index (κ2) is 8.37. The van der Waals surface area contributed by atoms with Crippen molar-refractivity contribution >= 4 is 0 Å². The summed E-state index contributed by atoms with van der Waals surface area (Å²) in [5, 5.41) is 0. The van der Waals surface area contributed by atoms with Gasteiger partial charge in [0.05, 0.1) is 42.7 Å². The van der Waals surface area contributed by atoms with Crippen molar-refractivity contribution in [3.63, 3.8) is 0 Å². The molecule has 0 saturated heterocycles. The molecule has 0 aliphatic heterocycles. The number of ether oxygens (including phenoxy) is 6. The Bertz CT molecular complexity index is 665. The van der Waals surface area contributed by atoms with Crippen LogP contribution in [-0.4, -0.2) is 42.7 Å². The zero-order valence-electron chi connectivity index (χ0n) is 15.3. The van der Waals surface area contributed by atoms with Crippen LogP contribution in [0.25, 0.3) is 0 Å². The molecule has 0 aliphatic carbocycles. The van der Waals surface area contributed by atoms with Gasteiger partial charge in [-0.15, -0.1) is 0 Å². The largest absolute Gasteiger partial charge is 0.493 e. The fourth-order valence-electron chi connectivity index (χ4n) is 2.64. The van der Waals surface area contributed by atoms with Crippen LogP contribution in [0.1, 0.15) is 11.1 Å². The van der Waals surface area contributed by atoms with Crippen molar-refractivity contribution in [3.8, 4) is 34.5 Å². The standard InChI is InChI=1S/C19H23O6/c1-20-14-9-7-12(16(22-3)18(14)24-5)11-13-8-10-15(21-2)19(25-6)17(13)23-4/h7-11H,1-6H3. The van der Waals surface area contributed by atoms with Crippen molar-refractivity contribution in [2.24, 2.45) is 0 Å². The van der Waals surface area contributed by atoms with Gasteiger partial charge in [-0.1, -0.05) is 12.1 Å². The normalized spacial score (nSPS) is 10.2. The molecule has 0 unspecified atom stereocenters. The van der Waals surface area contributed by atoms with Crippen molar-refractivity contribution in [3.05, 3.63) is 41.8 Å². The molecule has 6 nitrogen and oxygen atoms in total. The molecule has 0 atom stereocenters. The summed E-state index contributed by atoms with van der Waals surface area (Å²) < 4.78 is 32.5. The Morgan fingerprint density at radius 2 is 0.840 bits per heavy atom. The molecule has 0 aliphatic rings. The van der Waals surface area contributed by atoms with Gasteiger partial charge in [0.15, 0.2) is 23.0 Å². The Labute approximate surface area is 148 Å². The van der Waals surface area contributed by atoms with Crippen molar-refractivity contribution in [1.82, 2.24) is 0 Å². The highest BCUT2D eigenvalue weighted by molar-refractivity contribution is 5.64. The monoisotopic (exact) mass is 347 g/mol. The molecule has 1 radical (unpaired) electrons. The molecular formula is C19H23O6. The number of hydrogen-bond donors (Lipinski definition) is 0. The van der Waals surface area contributed by atoms with Crippen LogP contribution in [0, 0.1) is 6.42 Å². The van der Waals surface area contributed by atoms with Crippen LogP contribution in [0.15, 0.2) is 24.3 Å². The molecule has 0 spiro atoms. The topological polar surface area (TPSA) is 55.4 Å². The lowest BCUT2D eigenvalue weighted by Crippen LogP contribution is -2.01. The van der Waals surface area contributed by atoms with Gasteiger partial charge in [0.25, 0.3) is 0 Å². The van der Waals surface area contributed by atoms with Gasteiger partial charge < -0.3 is 28.4 Å². The van der Waals surface area contributed by atoms with Crippen LogP contribution in [-0.2, 0) is 0 Å². The molecule has 6 heteroatoms. The Morgan fingerprint density at radius 1 is 0.480 bits per heavy atom. The van der Waals surface area contributed by atoms with E-state index in [1.165, 1.54) is 0 Å². The summed E-state index contributed by atoms with van der Waals surface area (Å²) in [6.45, 7) is 0. The maximum atomic E-state index is 5.52. The summed E-state index contributed by atoms with van der Waals surface area (Å²) in [5.41, 5.74) is 1.62. The highest BCUT2D eigenvalue weighted by atomic mass is 16.5. The van der Waals surface area contributed by atoms with E-state index in [0.29, 0.717) is 34.5 Å². The summed E-state index contributed by atoms with van der Waals surface area (Å²) in [6, 6.07) is 7.41. The lowest BCUT2D eigenvalue weighted by molar-refractivity contribution is 0.322. The summed E-state index contributed by atoms with van der Waals surface area (Å²) in [5.74, 6) is 3.38. The summed E-state index contributed by atoms with van der Waals surface area (Å²) >= 11 is 0. The van der Waals surface area contributed by atoms with Gasteiger partial charge in [-0.25, -0.2) is 0 Å². The first-order chi connectivity index (χ1) is 12.1. The zero-order valence-corrected chi connectivity index (χ0v) is 15.3. The fourth-order valence-corrected chi connectivity index (χ4v) is 2.64. The minimum atomic E-state index is 0.526. The van der Waals surface area contributed by atoms with Crippen LogP contribution in [0.4, 0.5) is 0 Å². The third-order valence-electron chi connectivity index (χ3n) is 3.78. The predicted molar refractivity (Wildman–Crippen MR) is 94.7 cm³/mol. The van der Waals surface area contributed by atoms with E-state index in [-0.39, 0.29) is 0 Å². The number of rotatable bonds is 8. The van der Waals surface area contributed by atoms with Gasteiger partial charge in [-0.05, 0) is 12.1 Å². The van der Waals surface area contributed by atoms with Gasteiger partial charge >= 0.3 is 0 Å². The van der Waals surface area contributed by atoms with E-state index in [2.05, 4.69) is 0 Å². The van der Waals surface area contributed by atoms with Crippen molar-refractivity contribution in [2.45, 2.75) is 0 Å². The first kappa shape index (κ1) is 18.6. The van der Waals surface area contributed by atoms with E-state index in [1.807, 2.05) is 30.7 Å². The quantitative estimate of drug-likeness (QED) is 0.730. The summed E-state index contributed by atoms with van der Waals surface area (Å²) in [6.07, 6.45) is 1.92. The number of methoxy groups -OCH3 is 6. The third-order valence-corrected chi connectivity index (χ3v) is 3.78. The number of hydrogen-bond acceptors (Lipinski definition) is 6. The van der Waals surface area contributed by atoms with Gasteiger partial charge in [-0.2, -0.15) is 0 Å². The van der Waals surface area contributed by atoms with Crippen LogP contribution < -0.4 is 28.4 Å². The molecule has 2 aromatic carbocycles. The predicted octanol–water partition coefficient (Wildman–Crippen LogP) is 3.34. The van der Waals surface area contributed by atoms with Crippen LogP contribution >= 0.6 is 0 Å². The highest BCUT2D eigenvalue weighted by Crippen LogP contribution is 2.44. The van der Waals surface area contributed by atoms with Gasteiger partial charge in [-0.3, -0.25) is 0 Å². The van der Waals surface area contributed by atoms with Crippen LogP contribution in [0.5, 0.6) is 34.5 Å². The van der Waals surface area contributed by atoms with Gasteiger partial charge in [0.1, 0.15) is 0 Å². The Hall–Kier alpha value is -2.76. The molecule has 2 rings (SSSR count).